The molecule has 0 bridgehead atoms. The van der Waals surface area contributed by atoms with Crippen LogP contribution in [0.4, 0.5) is 0 Å². The number of rotatable bonds is 7. The summed E-state index contributed by atoms with van der Waals surface area (Å²) in [5.74, 6) is 2.70. The van der Waals surface area contributed by atoms with E-state index in [-0.39, 0.29) is 41.4 Å². The predicted molar refractivity (Wildman–Crippen MR) is 135 cm³/mol. The Morgan fingerprint density at radius 2 is 2.00 bits per heavy atom. The molecular formula is C23H37IN4O3. The lowest BCUT2D eigenvalue weighted by Crippen LogP contribution is -2.49. The standard InChI is InChI=1S/C23H36N4O3.HI/c1-6-29-19-12-17-11-16(2)30-20(17)13-18(19)14-25-22(24-3)26-15-23(9-7-8-10-23)21(28)27(4)5;/h12-13,16H,6-11,14-15H2,1-5H3,(H2,24,25,26);1H. The largest absolute Gasteiger partial charge is 0.494 e. The second-order valence-corrected chi connectivity index (χ2v) is 8.60. The van der Waals surface area contributed by atoms with Crippen LogP contribution < -0.4 is 20.1 Å². The van der Waals surface area contributed by atoms with Gasteiger partial charge in [-0.2, -0.15) is 0 Å². The Kier molecular flexibility index (Phi) is 9.27. The van der Waals surface area contributed by atoms with Crippen molar-refractivity contribution in [1.29, 1.82) is 0 Å². The fraction of sp³-hybridized carbons (Fsp3) is 0.652. The van der Waals surface area contributed by atoms with Crippen molar-refractivity contribution in [3.05, 3.63) is 23.3 Å². The van der Waals surface area contributed by atoms with Crippen LogP contribution in [-0.4, -0.2) is 57.2 Å². The van der Waals surface area contributed by atoms with Gasteiger partial charge in [0.25, 0.3) is 0 Å². The molecule has 0 aromatic heterocycles. The van der Waals surface area contributed by atoms with E-state index >= 15 is 0 Å². The summed E-state index contributed by atoms with van der Waals surface area (Å²) in [5, 5.41) is 6.76. The Labute approximate surface area is 203 Å². The maximum Gasteiger partial charge on any atom is 0.230 e. The minimum atomic E-state index is -0.338. The maximum absolute atomic E-state index is 12.8. The quantitative estimate of drug-likeness (QED) is 0.313. The van der Waals surface area contributed by atoms with Gasteiger partial charge in [-0.3, -0.25) is 9.79 Å². The number of aliphatic imine (C=N–C) groups is 1. The minimum Gasteiger partial charge on any atom is -0.494 e. The average molecular weight is 544 g/mol. The van der Waals surface area contributed by atoms with Crippen molar-refractivity contribution in [3.63, 3.8) is 0 Å². The number of benzene rings is 1. The zero-order chi connectivity index (χ0) is 21.7. The fourth-order valence-electron chi connectivity index (χ4n) is 4.55. The van der Waals surface area contributed by atoms with E-state index in [2.05, 4.69) is 34.7 Å². The maximum atomic E-state index is 12.8. The van der Waals surface area contributed by atoms with Gasteiger partial charge in [0, 0.05) is 51.8 Å². The van der Waals surface area contributed by atoms with Crippen molar-refractivity contribution < 1.29 is 14.3 Å². The highest BCUT2D eigenvalue weighted by Gasteiger charge is 2.42. The van der Waals surface area contributed by atoms with Gasteiger partial charge >= 0.3 is 0 Å². The fourth-order valence-corrected chi connectivity index (χ4v) is 4.55. The second kappa shape index (κ2) is 11.2. The summed E-state index contributed by atoms with van der Waals surface area (Å²) in [6.07, 6.45) is 5.14. The van der Waals surface area contributed by atoms with Crippen molar-refractivity contribution in [2.45, 2.75) is 58.6 Å². The third-order valence-corrected chi connectivity index (χ3v) is 6.06. The molecule has 3 rings (SSSR count). The molecule has 1 amide bonds. The Morgan fingerprint density at radius 3 is 2.61 bits per heavy atom. The van der Waals surface area contributed by atoms with Crippen molar-refractivity contribution in [2.24, 2.45) is 10.4 Å². The van der Waals surface area contributed by atoms with Gasteiger partial charge in [-0.25, -0.2) is 0 Å². The molecule has 2 aliphatic rings. The van der Waals surface area contributed by atoms with Gasteiger partial charge in [-0.05, 0) is 38.8 Å². The van der Waals surface area contributed by atoms with Crippen molar-refractivity contribution in [2.75, 3.05) is 34.3 Å². The highest BCUT2D eigenvalue weighted by Crippen LogP contribution is 2.39. The van der Waals surface area contributed by atoms with Crippen LogP contribution in [0.1, 0.15) is 50.7 Å². The number of nitrogens with zero attached hydrogens (tertiary/aromatic N) is 2. The summed E-state index contributed by atoms with van der Waals surface area (Å²) in [4.78, 5) is 18.9. The molecule has 31 heavy (non-hydrogen) atoms. The molecule has 8 heteroatoms. The zero-order valence-corrected chi connectivity index (χ0v) is 21.7. The van der Waals surface area contributed by atoms with Crippen LogP contribution in [-0.2, 0) is 17.8 Å². The molecule has 1 aliphatic carbocycles. The summed E-state index contributed by atoms with van der Waals surface area (Å²) in [6, 6.07) is 4.16. The molecule has 2 N–H and O–H groups in total. The van der Waals surface area contributed by atoms with Crippen molar-refractivity contribution in [1.82, 2.24) is 15.5 Å². The van der Waals surface area contributed by atoms with E-state index in [4.69, 9.17) is 9.47 Å². The van der Waals surface area contributed by atoms with Crippen LogP contribution in [0, 0.1) is 5.41 Å². The van der Waals surface area contributed by atoms with Gasteiger partial charge in [-0.1, -0.05) is 12.8 Å². The van der Waals surface area contributed by atoms with E-state index in [0.29, 0.717) is 25.7 Å². The number of amides is 1. The molecule has 0 spiro atoms. The molecule has 0 radical (unpaired) electrons. The molecule has 1 unspecified atom stereocenters. The normalized spacial score (nSPS) is 19.1. The van der Waals surface area contributed by atoms with Gasteiger partial charge in [0.2, 0.25) is 5.91 Å². The SMILES string of the molecule is CCOc1cc2c(cc1CNC(=NC)NCC1(C(=O)N(C)C)CCCC1)OC(C)C2.I. The molecule has 174 valence electrons. The number of hydrogen-bond donors (Lipinski definition) is 2. The van der Waals surface area contributed by atoms with Gasteiger partial charge in [0.15, 0.2) is 5.96 Å². The third kappa shape index (κ3) is 5.96. The van der Waals surface area contributed by atoms with Gasteiger partial charge in [-0.15, -0.1) is 24.0 Å². The van der Waals surface area contributed by atoms with Crippen LogP contribution in [0.3, 0.4) is 0 Å². The number of ether oxygens (including phenoxy) is 2. The molecule has 1 aromatic rings. The van der Waals surface area contributed by atoms with E-state index < -0.39 is 0 Å². The number of carbonyl (C=O) groups is 1. The monoisotopic (exact) mass is 544 g/mol. The van der Waals surface area contributed by atoms with E-state index in [1.165, 1.54) is 5.56 Å². The number of fused-ring (bicyclic) bond motifs is 1. The average Bonchev–Trinajstić information content (AvgIpc) is 3.33. The summed E-state index contributed by atoms with van der Waals surface area (Å²) in [7, 11) is 5.42. The summed E-state index contributed by atoms with van der Waals surface area (Å²) in [6.45, 7) is 5.84. The summed E-state index contributed by atoms with van der Waals surface area (Å²) < 4.78 is 11.8. The first-order valence-corrected chi connectivity index (χ1v) is 11.0. The predicted octanol–water partition coefficient (Wildman–Crippen LogP) is 3.34. The molecule has 1 saturated carbocycles. The third-order valence-electron chi connectivity index (χ3n) is 6.06. The molecule has 1 aromatic carbocycles. The highest BCUT2D eigenvalue weighted by molar-refractivity contribution is 14.0. The van der Waals surface area contributed by atoms with Crippen molar-refractivity contribution in [3.8, 4) is 11.5 Å². The Hall–Kier alpha value is -1.71. The molecule has 1 aliphatic heterocycles. The number of halogens is 1. The van der Waals surface area contributed by atoms with Gasteiger partial charge in [0.1, 0.15) is 17.6 Å². The van der Waals surface area contributed by atoms with Crippen LogP contribution >= 0.6 is 24.0 Å². The number of hydrogen-bond acceptors (Lipinski definition) is 4. The molecule has 1 heterocycles. The van der Waals surface area contributed by atoms with E-state index in [9.17, 15) is 4.79 Å². The molecular weight excluding hydrogens is 507 g/mol. The van der Waals surface area contributed by atoms with Crippen LogP contribution in [0.15, 0.2) is 17.1 Å². The summed E-state index contributed by atoms with van der Waals surface area (Å²) >= 11 is 0. The lowest BCUT2D eigenvalue weighted by atomic mass is 9.84. The lowest BCUT2D eigenvalue weighted by Gasteiger charge is -2.31. The number of carbonyl (C=O) groups excluding carboxylic acids is 1. The highest BCUT2D eigenvalue weighted by atomic mass is 127. The van der Waals surface area contributed by atoms with Crippen molar-refractivity contribution >= 4 is 35.8 Å². The first kappa shape index (κ1) is 25.5. The number of nitrogens with one attached hydrogen (secondary N) is 2. The smallest absolute Gasteiger partial charge is 0.230 e. The van der Waals surface area contributed by atoms with Crippen LogP contribution in [0.2, 0.25) is 0 Å². The van der Waals surface area contributed by atoms with Gasteiger partial charge in [0.05, 0.1) is 12.0 Å². The molecule has 1 atom stereocenters. The Balaban J connectivity index is 0.00000341. The van der Waals surface area contributed by atoms with E-state index in [1.54, 1.807) is 11.9 Å². The Morgan fingerprint density at radius 1 is 1.29 bits per heavy atom. The topological polar surface area (TPSA) is 75.2 Å². The van der Waals surface area contributed by atoms with E-state index in [0.717, 1.165) is 49.2 Å². The molecule has 0 saturated heterocycles. The first-order valence-electron chi connectivity index (χ1n) is 11.0. The minimum absolute atomic E-state index is 0. The zero-order valence-electron chi connectivity index (χ0n) is 19.4. The first-order chi connectivity index (χ1) is 14.4. The summed E-state index contributed by atoms with van der Waals surface area (Å²) in [5.41, 5.74) is 1.89. The molecule has 1 fully saturated rings. The van der Waals surface area contributed by atoms with Crippen LogP contribution in [0.25, 0.3) is 0 Å². The van der Waals surface area contributed by atoms with Crippen LogP contribution in [0.5, 0.6) is 11.5 Å². The molecule has 7 nitrogen and oxygen atoms in total. The number of guanidine groups is 1. The lowest BCUT2D eigenvalue weighted by molar-refractivity contribution is -0.138. The Bertz CT molecular complexity index is 791. The van der Waals surface area contributed by atoms with E-state index in [1.807, 2.05) is 21.0 Å². The van der Waals surface area contributed by atoms with Gasteiger partial charge < -0.3 is 25.0 Å². The second-order valence-electron chi connectivity index (χ2n) is 8.60.